The summed E-state index contributed by atoms with van der Waals surface area (Å²) in [5, 5.41) is 1.35. The van der Waals surface area contributed by atoms with Gasteiger partial charge in [-0.1, -0.05) is 30.3 Å². The van der Waals surface area contributed by atoms with E-state index in [0.29, 0.717) is 0 Å². The summed E-state index contributed by atoms with van der Waals surface area (Å²) >= 11 is 0. The van der Waals surface area contributed by atoms with Crippen LogP contribution in [0.15, 0.2) is 30.3 Å². The normalized spacial score (nSPS) is 14.7. The molecule has 0 heterocycles. The molecular formula is C12H24O2Si3. The summed E-state index contributed by atoms with van der Waals surface area (Å²) in [6, 6.07) is 10.6. The maximum absolute atomic E-state index is 6.29. The Balaban J connectivity index is 2.67. The molecule has 1 aromatic carbocycles. The minimum absolute atomic E-state index is 1.35. The lowest BCUT2D eigenvalue weighted by molar-refractivity contribution is 0.431. The topological polar surface area (TPSA) is 18.5 Å². The van der Waals surface area contributed by atoms with Gasteiger partial charge in [0.05, 0.1) is 0 Å². The maximum atomic E-state index is 6.29. The van der Waals surface area contributed by atoms with Crippen molar-refractivity contribution in [3.63, 3.8) is 0 Å². The van der Waals surface area contributed by atoms with Crippen LogP contribution in [0.5, 0.6) is 0 Å². The van der Waals surface area contributed by atoms with Gasteiger partial charge in [-0.25, -0.2) is 0 Å². The van der Waals surface area contributed by atoms with Crippen molar-refractivity contribution in [3.8, 4) is 0 Å². The first-order valence-electron chi connectivity index (χ1n) is 6.12. The molecule has 1 rings (SSSR count). The Bertz CT molecular complexity index is 347. The van der Waals surface area contributed by atoms with Gasteiger partial charge < -0.3 is 8.23 Å². The molecule has 17 heavy (non-hydrogen) atoms. The molecule has 1 unspecified atom stereocenters. The van der Waals surface area contributed by atoms with Gasteiger partial charge in [0.1, 0.15) is 0 Å². The fourth-order valence-electron chi connectivity index (χ4n) is 1.84. The summed E-state index contributed by atoms with van der Waals surface area (Å²) < 4.78 is 12.4. The molecule has 0 spiro atoms. The fourth-order valence-corrected chi connectivity index (χ4v) is 11.3. The zero-order valence-corrected chi connectivity index (χ0v) is 14.9. The highest BCUT2D eigenvalue weighted by Crippen LogP contribution is 2.12. The molecule has 0 aliphatic carbocycles. The third-order valence-electron chi connectivity index (χ3n) is 2.45. The van der Waals surface area contributed by atoms with Crippen LogP contribution in [-0.4, -0.2) is 25.9 Å². The van der Waals surface area contributed by atoms with Crippen LogP contribution in [0.3, 0.4) is 0 Å². The molecule has 0 bridgehead atoms. The van der Waals surface area contributed by atoms with Crippen molar-refractivity contribution in [2.24, 2.45) is 0 Å². The van der Waals surface area contributed by atoms with Crippen LogP contribution < -0.4 is 5.19 Å². The summed E-state index contributed by atoms with van der Waals surface area (Å²) in [5.41, 5.74) is 0. The van der Waals surface area contributed by atoms with E-state index in [1.165, 1.54) is 5.19 Å². The van der Waals surface area contributed by atoms with Gasteiger partial charge in [0.25, 0.3) is 9.28 Å². The summed E-state index contributed by atoms with van der Waals surface area (Å²) in [4.78, 5) is 0. The summed E-state index contributed by atoms with van der Waals surface area (Å²) in [5.74, 6) is 0. The summed E-state index contributed by atoms with van der Waals surface area (Å²) in [6.45, 7) is 13.3. The molecule has 0 aliphatic rings. The van der Waals surface area contributed by atoms with Gasteiger partial charge in [0, 0.05) is 0 Å². The molecule has 0 N–H and O–H groups in total. The average molecular weight is 285 g/mol. The molecule has 2 nitrogen and oxygen atoms in total. The lowest BCUT2D eigenvalue weighted by Gasteiger charge is -2.31. The van der Waals surface area contributed by atoms with Gasteiger partial charge in [0.15, 0.2) is 8.32 Å². The van der Waals surface area contributed by atoms with Crippen LogP contribution in [0, 0.1) is 0 Å². The van der Waals surface area contributed by atoms with Crippen molar-refractivity contribution in [2.45, 2.75) is 39.3 Å². The Kier molecular flexibility index (Phi) is 4.91. The van der Waals surface area contributed by atoms with Crippen molar-refractivity contribution >= 4 is 31.1 Å². The predicted octanol–water partition coefficient (Wildman–Crippen LogP) is 2.82. The second kappa shape index (κ2) is 5.62. The number of hydrogen-bond acceptors (Lipinski definition) is 2. The first kappa shape index (κ1) is 14.9. The number of hydrogen-bond donors (Lipinski definition) is 0. The van der Waals surface area contributed by atoms with Crippen LogP contribution in [0.4, 0.5) is 0 Å². The highest BCUT2D eigenvalue weighted by molar-refractivity contribution is 6.89. The van der Waals surface area contributed by atoms with Gasteiger partial charge in [-0.05, 0) is 44.5 Å². The minimum Gasteiger partial charge on any atom is -0.439 e. The zero-order valence-electron chi connectivity index (χ0n) is 11.8. The molecule has 0 aliphatic heterocycles. The largest absolute Gasteiger partial charge is 0.439 e. The lowest BCUT2D eigenvalue weighted by Crippen LogP contribution is -2.50. The van der Waals surface area contributed by atoms with Gasteiger partial charge >= 0.3 is 0 Å². The Morgan fingerprint density at radius 2 is 1.41 bits per heavy atom. The molecular weight excluding hydrogens is 260 g/mol. The minimum atomic E-state index is -1.78. The third kappa shape index (κ3) is 5.31. The van der Waals surface area contributed by atoms with Gasteiger partial charge in [-0.2, -0.15) is 0 Å². The van der Waals surface area contributed by atoms with Crippen LogP contribution in [0.1, 0.15) is 0 Å². The SMILES string of the molecule is C[SiH](O[Si](C)(C)C)O[Si](C)(C)c1ccccc1. The van der Waals surface area contributed by atoms with Crippen LogP contribution >= 0.6 is 0 Å². The highest BCUT2D eigenvalue weighted by atomic mass is 28.4. The second-order valence-corrected chi connectivity index (χ2v) is 16.6. The van der Waals surface area contributed by atoms with Gasteiger partial charge in [-0.15, -0.1) is 0 Å². The highest BCUT2D eigenvalue weighted by Gasteiger charge is 2.30. The van der Waals surface area contributed by atoms with E-state index in [4.69, 9.17) is 8.23 Å². The monoisotopic (exact) mass is 284 g/mol. The molecule has 5 heteroatoms. The molecule has 96 valence electrons. The smallest absolute Gasteiger partial charge is 0.297 e. The van der Waals surface area contributed by atoms with E-state index in [9.17, 15) is 0 Å². The second-order valence-electron chi connectivity index (χ2n) is 5.79. The fraction of sp³-hybridized carbons (Fsp3) is 0.500. The molecule has 1 atom stereocenters. The van der Waals surface area contributed by atoms with Crippen molar-refractivity contribution in [2.75, 3.05) is 0 Å². The van der Waals surface area contributed by atoms with Gasteiger partial charge in [0.2, 0.25) is 8.32 Å². The van der Waals surface area contributed by atoms with E-state index >= 15 is 0 Å². The van der Waals surface area contributed by atoms with E-state index in [1.807, 2.05) is 6.07 Å². The lowest BCUT2D eigenvalue weighted by atomic mass is 10.4. The van der Waals surface area contributed by atoms with E-state index in [0.717, 1.165) is 0 Å². The van der Waals surface area contributed by atoms with E-state index < -0.39 is 25.9 Å². The number of rotatable bonds is 5. The first-order chi connectivity index (χ1) is 7.71. The molecule has 0 radical (unpaired) electrons. The maximum Gasteiger partial charge on any atom is 0.297 e. The summed E-state index contributed by atoms with van der Waals surface area (Å²) in [7, 11) is -4.74. The zero-order chi connectivity index (χ0) is 13.1. The molecule has 0 fully saturated rings. The molecule has 0 amide bonds. The number of benzene rings is 1. The molecule has 0 aromatic heterocycles. The van der Waals surface area contributed by atoms with Crippen LogP contribution in [0.25, 0.3) is 0 Å². The third-order valence-corrected chi connectivity index (χ3v) is 12.0. The quantitative estimate of drug-likeness (QED) is 0.774. The molecule has 0 saturated heterocycles. The Morgan fingerprint density at radius 1 is 0.882 bits per heavy atom. The van der Waals surface area contributed by atoms with E-state index in [2.05, 4.69) is 63.5 Å². The van der Waals surface area contributed by atoms with Crippen LogP contribution in [0.2, 0.25) is 39.3 Å². The Labute approximate surface area is 109 Å². The van der Waals surface area contributed by atoms with Crippen molar-refractivity contribution in [3.05, 3.63) is 30.3 Å². The molecule has 1 aromatic rings. The van der Waals surface area contributed by atoms with E-state index in [-0.39, 0.29) is 0 Å². The average Bonchev–Trinajstić information content (AvgIpc) is 2.15. The Morgan fingerprint density at radius 3 is 1.88 bits per heavy atom. The van der Waals surface area contributed by atoms with Crippen molar-refractivity contribution in [1.82, 2.24) is 0 Å². The standard InChI is InChI=1S/C12H24O2Si3/c1-15(13-16(2,3)4)14-17(5,6)12-10-8-7-9-11-12/h7-11,15H,1-6H3. The predicted molar refractivity (Wildman–Crippen MR) is 82.1 cm³/mol. The first-order valence-corrected chi connectivity index (χ1v) is 14.5. The summed E-state index contributed by atoms with van der Waals surface area (Å²) in [6.07, 6.45) is 0. The van der Waals surface area contributed by atoms with E-state index in [1.54, 1.807) is 0 Å². The van der Waals surface area contributed by atoms with Crippen molar-refractivity contribution in [1.29, 1.82) is 0 Å². The van der Waals surface area contributed by atoms with Crippen LogP contribution in [-0.2, 0) is 8.23 Å². The van der Waals surface area contributed by atoms with Crippen molar-refractivity contribution < 1.29 is 8.23 Å². The Hall–Kier alpha value is -0.209. The molecule has 0 saturated carbocycles. The van der Waals surface area contributed by atoms with Gasteiger partial charge in [-0.3, -0.25) is 0 Å².